The molecular weight excluding hydrogens is 398 g/mol. The molecule has 0 aliphatic heterocycles. The molecule has 1 amide bonds. The number of benzene rings is 2. The van der Waals surface area contributed by atoms with Crippen LogP contribution >= 0.6 is 11.6 Å². The lowest BCUT2D eigenvalue weighted by Gasteiger charge is -2.20. The molecule has 156 valence electrons. The lowest BCUT2D eigenvalue weighted by atomic mass is 10.1. The minimum Gasteiger partial charge on any atom is -0.357 e. The lowest BCUT2D eigenvalue weighted by Crippen LogP contribution is -2.23. The van der Waals surface area contributed by atoms with Crippen LogP contribution in [0.4, 0.5) is 23.0 Å². The summed E-state index contributed by atoms with van der Waals surface area (Å²) in [4.78, 5) is 23.5. The summed E-state index contributed by atoms with van der Waals surface area (Å²) in [6, 6.07) is 16.8. The van der Waals surface area contributed by atoms with E-state index >= 15 is 0 Å². The van der Waals surface area contributed by atoms with E-state index in [9.17, 15) is 4.79 Å². The zero-order valence-corrected chi connectivity index (χ0v) is 18.2. The van der Waals surface area contributed by atoms with Crippen LogP contribution in [0.25, 0.3) is 0 Å². The van der Waals surface area contributed by atoms with Crippen LogP contribution in [0.15, 0.2) is 54.6 Å². The summed E-state index contributed by atoms with van der Waals surface area (Å²) in [5, 5.41) is 6.80. The molecule has 0 aliphatic rings. The van der Waals surface area contributed by atoms with E-state index in [0.29, 0.717) is 10.8 Å². The maximum Gasteiger partial charge on any atom is 0.228 e. The van der Waals surface area contributed by atoms with Crippen LogP contribution in [0.5, 0.6) is 0 Å². The van der Waals surface area contributed by atoms with Gasteiger partial charge in [-0.05, 0) is 56.7 Å². The molecule has 0 bridgehead atoms. The van der Waals surface area contributed by atoms with E-state index in [1.54, 1.807) is 6.07 Å². The molecule has 0 unspecified atom stereocenters. The molecule has 0 saturated heterocycles. The molecule has 30 heavy (non-hydrogen) atoms. The van der Waals surface area contributed by atoms with E-state index in [0.717, 1.165) is 41.7 Å². The highest BCUT2D eigenvalue weighted by Crippen LogP contribution is 2.22. The summed E-state index contributed by atoms with van der Waals surface area (Å²) in [5.74, 6) is 2.24. The van der Waals surface area contributed by atoms with Crippen LogP contribution in [0.2, 0.25) is 5.02 Å². The summed E-state index contributed by atoms with van der Waals surface area (Å²) in [5.41, 5.74) is 2.40. The van der Waals surface area contributed by atoms with Crippen molar-refractivity contribution in [3.8, 4) is 0 Å². The fourth-order valence-electron chi connectivity index (χ4n) is 3.13. The third-order valence-electron chi connectivity index (χ3n) is 4.66. The minimum absolute atomic E-state index is 0.112. The van der Waals surface area contributed by atoms with E-state index in [1.807, 2.05) is 55.5 Å². The van der Waals surface area contributed by atoms with Gasteiger partial charge in [-0.2, -0.15) is 0 Å². The largest absolute Gasteiger partial charge is 0.357 e. The van der Waals surface area contributed by atoms with Crippen LogP contribution in [-0.4, -0.2) is 29.0 Å². The molecule has 7 heteroatoms. The van der Waals surface area contributed by atoms with Crippen LogP contribution in [-0.2, 0) is 11.2 Å². The van der Waals surface area contributed by atoms with Crippen molar-refractivity contribution < 1.29 is 4.79 Å². The molecule has 0 atom stereocenters. The number of anilines is 4. The van der Waals surface area contributed by atoms with Crippen molar-refractivity contribution in [2.24, 2.45) is 0 Å². The van der Waals surface area contributed by atoms with Gasteiger partial charge in [0.2, 0.25) is 5.91 Å². The number of aromatic nitrogens is 2. The van der Waals surface area contributed by atoms with Gasteiger partial charge < -0.3 is 15.5 Å². The number of hydrogen-bond donors (Lipinski definition) is 2. The number of hydrogen-bond acceptors (Lipinski definition) is 5. The van der Waals surface area contributed by atoms with Crippen LogP contribution in [0, 0.1) is 6.92 Å². The van der Waals surface area contributed by atoms with Gasteiger partial charge in [-0.25, -0.2) is 9.97 Å². The number of nitrogens with zero attached hydrogens (tertiary/aromatic N) is 3. The molecule has 1 aromatic heterocycles. The second-order valence-corrected chi connectivity index (χ2v) is 7.26. The Labute approximate surface area is 182 Å². The standard InChI is InChI=1S/C23H26ClN5O/c1-4-29(5-2)22-15-21(25-16(3)26-22)27-18-10-12-19(13-11-18)28-23(30)14-17-8-6-7-9-20(17)24/h6-13,15H,4-5,14H2,1-3H3,(H,28,30)(H,25,26,27). The number of carbonyl (C=O) groups is 1. The Morgan fingerprint density at radius 3 is 2.33 bits per heavy atom. The first-order valence-electron chi connectivity index (χ1n) is 9.99. The highest BCUT2D eigenvalue weighted by Gasteiger charge is 2.09. The average molecular weight is 424 g/mol. The number of halogens is 1. The third kappa shape index (κ3) is 5.70. The van der Waals surface area contributed by atoms with Gasteiger partial charge in [-0.1, -0.05) is 29.8 Å². The molecule has 3 aromatic rings. The SMILES string of the molecule is CCN(CC)c1cc(Nc2ccc(NC(=O)Cc3ccccc3Cl)cc2)nc(C)n1. The fraction of sp³-hybridized carbons (Fsp3) is 0.261. The smallest absolute Gasteiger partial charge is 0.228 e. The van der Waals surface area contributed by atoms with Crippen molar-refractivity contribution in [3.63, 3.8) is 0 Å². The summed E-state index contributed by atoms with van der Waals surface area (Å²) >= 11 is 6.13. The molecule has 0 aliphatic carbocycles. The van der Waals surface area contributed by atoms with Gasteiger partial charge in [0.05, 0.1) is 6.42 Å². The monoisotopic (exact) mass is 423 g/mol. The van der Waals surface area contributed by atoms with Crippen molar-refractivity contribution in [1.29, 1.82) is 0 Å². The summed E-state index contributed by atoms with van der Waals surface area (Å²) < 4.78 is 0. The van der Waals surface area contributed by atoms with Gasteiger partial charge in [-0.3, -0.25) is 4.79 Å². The molecule has 3 rings (SSSR count). The molecule has 0 saturated carbocycles. The molecule has 2 aromatic carbocycles. The van der Waals surface area contributed by atoms with Crippen LogP contribution < -0.4 is 15.5 Å². The van der Waals surface area contributed by atoms with Gasteiger partial charge in [0.1, 0.15) is 17.5 Å². The van der Waals surface area contributed by atoms with Crippen molar-refractivity contribution in [2.45, 2.75) is 27.2 Å². The van der Waals surface area contributed by atoms with Crippen molar-refractivity contribution in [2.75, 3.05) is 28.6 Å². The summed E-state index contributed by atoms with van der Waals surface area (Å²) in [6.45, 7) is 7.86. The van der Waals surface area contributed by atoms with Gasteiger partial charge in [0, 0.05) is 35.6 Å². The van der Waals surface area contributed by atoms with Gasteiger partial charge in [0.25, 0.3) is 0 Å². The minimum atomic E-state index is -0.112. The van der Waals surface area contributed by atoms with E-state index in [1.165, 1.54) is 0 Å². The van der Waals surface area contributed by atoms with E-state index in [4.69, 9.17) is 11.6 Å². The van der Waals surface area contributed by atoms with Gasteiger partial charge >= 0.3 is 0 Å². The second-order valence-electron chi connectivity index (χ2n) is 6.85. The lowest BCUT2D eigenvalue weighted by molar-refractivity contribution is -0.115. The van der Waals surface area contributed by atoms with Gasteiger partial charge in [0.15, 0.2) is 0 Å². The Morgan fingerprint density at radius 1 is 1.00 bits per heavy atom. The molecule has 0 spiro atoms. The molecular formula is C23H26ClN5O. The van der Waals surface area contributed by atoms with Crippen LogP contribution in [0.3, 0.4) is 0 Å². The van der Waals surface area contributed by atoms with Gasteiger partial charge in [-0.15, -0.1) is 0 Å². The first-order valence-corrected chi connectivity index (χ1v) is 10.4. The predicted molar refractivity (Wildman–Crippen MR) is 124 cm³/mol. The summed E-state index contributed by atoms with van der Waals surface area (Å²) in [7, 11) is 0. The van der Waals surface area contributed by atoms with E-state index in [2.05, 4.69) is 39.3 Å². The Hall–Kier alpha value is -3.12. The van der Waals surface area contributed by atoms with E-state index in [-0.39, 0.29) is 12.3 Å². The highest BCUT2D eigenvalue weighted by atomic mass is 35.5. The first kappa shape index (κ1) is 21.6. The Balaban J connectivity index is 1.65. The zero-order valence-electron chi connectivity index (χ0n) is 17.4. The summed E-state index contributed by atoms with van der Waals surface area (Å²) in [6.07, 6.45) is 0.230. The molecule has 6 nitrogen and oxygen atoms in total. The Kier molecular flexibility index (Phi) is 7.25. The van der Waals surface area contributed by atoms with Crippen molar-refractivity contribution in [3.05, 3.63) is 71.0 Å². The molecule has 1 heterocycles. The molecule has 0 fully saturated rings. The number of aryl methyl sites for hydroxylation is 1. The number of rotatable bonds is 8. The molecule has 0 radical (unpaired) electrons. The van der Waals surface area contributed by atoms with Crippen LogP contribution in [0.1, 0.15) is 25.2 Å². The Bertz CT molecular complexity index is 1000. The van der Waals surface area contributed by atoms with Crippen molar-refractivity contribution in [1.82, 2.24) is 9.97 Å². The number of carbonyl (C=O) groups excluding carboxylic acids is 1. The molecule has 2 N–H and O–H groups in total. The fourth-order valence-corrected chi connectivity index (χ4v) is 3.33. The third-order valence-corrected chi connectivity index (χ3v) is 5.03. The van der Waals surface area contributed by atoms with E-state index < -0.39 is 0 Å². The predicted octanol–water partition coefficient (Wildman–Crippen LogP) is 5.21. The maximum atomic E-state index is 12.3. The topological polar surface area (TPSA) is 70.2 Å². The average Bonchev–Trinajstić information content (AvgIpc) is 2.72. The maximum absolute atomic E-state index is 12.3. The quantitative estimate of drug-likeness (QED) is 0.520. The van der Waals surface area contributed by atoms with Crippen molar-refractivity contribution >= 4 is 40.5 Å². The Morgan fingerprint density at radius 2 is 1.67 bits per heavy atom. The second kappa shape index (κ2) is 10.1. The number of nitrogens with one attached hydrogen (secondary N) is 2. The number of amides is 1. The normalized spacial score (nSPS) is 10.5. The highest BCUT2D eigenvalue weighted by molar-refractivity contribution is 6.31. The zero-order chi connectivity index (χ0) is 21.5. The first-order chi connectivity index (χ1) is 14.5.